The molecule has 1 heterocycles. The third-order valence-corrected chi connectivity index (χ3v) is 4.71. The van der Waals surface area contributed by atoms with Crippen molar-refractivity contribution >= 4 is 0 Å². The van der Waals surface area contributed by atoms with Crippen LogP contribution in [0.15, 0.2) is 28.8 Å². The molecule has 2 N–H and O–H groups in total. The Morgan fingerprint density at radius 2 is 2.05 bits per heavy atom. The number of benzene rings is 1. The molecule has 0 saturated heterocycles. The van der Waals surface area contributed by atoms with Gasteiger partial charge in [-0.3, -0.25) is 0 Å². The van der Waals surface area contributed by atoms with Gasteiger partial charge in [-0.2, -0.15) is 4.98 Å². The summed E-state index contributed by atoms with van der Waals surface area (Å²) < 4.78 is 5.41. The smallest absolute Gasteiger partial charge is 0.229 e. The molecule has 0 spiro atoms. The summed E-state index contributed by atoms with van der Waals surface area (Å²) in [7, 11) is 0. The Bertz CT molecular complexity index is 647. The molecule has 20 heavy (non-hydrogen) atoms. The molecule has 0 bridgehead atoms. The van der Waals surface area contributed by atoms with Crippen LogP contribution in [0.2, 0.25) is 0 Å². The van der Waals surface area contributed by atoms with E-state index in [9.17, 15) is 0 Å². The molecule has 0 aliphatic heterocycles. The second kappa shape index (κ2) is 4.16. The van der Waals surface area contributed by atoms with E-state index in [-0.39, 0.29) is 0 Å². The Morgan fingerprint density at radius 3 is 2.85 bits per heavy atom. The van der Waals surface area contributed by atoms with Gasteiger partial charge < -0.3 is 10.3 Å². The van der Waals surface area contributed by atoms with Crippen molar-refractivity contribution in [3.05, 3.63) is 47.1 Å². The number of aromatic nitrogens is 2. The van der Waals surface area contributed by atoms with Crippen molar-refractivity contribution in [3.8, 4) is 0 Å². The Hall–Kier alpha value is -1.68. The van der Waals surface area contributed by atoms with Crippen LogP contribution in [0.5, 0.6) is 0 Å². The van der Waals surface area contributed by atoms with Crippen LogP contribution in [0.3, 0.4) is 0 Å². The maximum Gasteiger partial charge on any atom is 0.229 e. The monoisotopic (exact) mass is 269 g/mol. The van der Waals surface area contributed by atoms with Crippen molar-refractivity contribution in [1.29, 1.82) is 0 Å². The highest BCUT2D eigenvalue weighted by atomic mass is 16.5. The number of nitrogens with zero attached hydrogens (tertiary/aromatic N) is 2. The minimum atomic E-state index is -0.597. The predicted molar refractivity (Wildman–Crippen MR) is 75.3 cm³/mol. The number of nitrogens with two attached hydrogens (primary N) is 1. The van der Waals surface area contributed by atoms with E-state index in [1.807, 2.05) is 6.07 Å². The van der Waals surface area contributed by atoms with Gasteiger partial charge in [0.25, 0.3) is 0 Å². The largest absolute Gasteiger partial charge is 0.339 e. The van der Waals surface area contributed by atoms with Gasteiger partial charge in [0.05, 0.1) is 0 Å². The van der Waals surface area contributed by atoms with Crippen LogP contribution in [-0.2, 0) is 5.54 Å². The van der Waals surface area contributed by atoms with Gasteiger partial charge in [0.1, 0.15) is 5.54 Å². The molecule has 4 nitrogen and oxygen atoms in total. The Morgan fingerprint density at radius 1 is 1.25 bits per heavy atom. The lowest BCUT2D eigenvalue weighted by Crippen LogP contribution is -2.42. The van der Waals surface area contributed by atoms with Gasteiger partial charge in [-0.25, -0.2) is 0 Å². The summed E-state index contributed by atoms with van der Waals surface area (Å²) >= 11 is 0. The summed E-state index contributed by atoms with van der Waals surface area (Å²) in [6.07, 6.45) is 4.25. The fourth-order valence-electron chi connectivity index (χ4n) is 3.21. The lowest BCUT2D eigenvalue weighted by atomic mass is 9.72. The highest BCUT2D eigenvalue weighted by molar-refractivity contribution is 5.42. The maximum absolute atomic E-state index is 6.70. The molecule has 0 radical (unpaired) electrons. The van der Waals surface area contributed by atoms with Crippen LogP contribution in [0.25, 0.3) is 0 Å². The fraction of sp³-hybridized carbons (Fsp3) is 0.500. The van der Waals surface area contributed by atoms with Gasteiger partial charge in [-0.1, -0.05) is 36.3 Å². The van der Waals surface area contributed by atoms with Crippen molar-refractivity contribution in [2.75, 3.05) is 0 Å². The molecule has 4 heteroatoms. The maximum atomic E-state index is 6.70. The summed E-state index contributed by atoms with van der Waals surface area (Å²) in [5.74, 6) is 2.43. The number of fused-ring (bicyclic) bond motifs is 1. The third kappa shape index (κ3) is 1.71. The first kappa shape index (κ1) is 12.1. The highest BCUT2D eigenvalue weighted by Crippen LogP contribution is 2.44. The van der Waals surface area contributed by atoms with E-state index < -0.39 is 5.54 Å². The van der Waals surface area contributed by atoms with Crippen LogP contribution in [0, 0.1) is 0 Å². The van der Waals surface area contributed by atoms with E-state index in [4.69, 9.17) is 10.3 Å². The molecule has 2 aliphatic carbocycles. The van der Waals surface area contributed by atoms with Crippen LogP contribution in [-0.4, -0.2) is 10.1 Å². The first-order chi connectivity index (χ1) is 9.68. The molecular weight excluding hydrogens is 250 g/mol. The summed E-state index contributed by atoms with van der Waals surface area (Å²) in [6.45, 7) is 2.25. The Kier molecular flexibility index (Phi) is 2.51. The summed E-state index contributed by atoms with van der Waals surface area (Å²) in [5.41, 5.74) is 8.58. The molecule has 1 aromatic heterocycles. The molecule has 2 unspecified atom stereocenters. The van der Waals surface area contributed by atoms with E-state index in [1.165, 1.54) is 5.56 Å². The number of hydrogen-bond acceptors (Lipinski definition) is 4. The van der Waals surface area contributed by atoms with Crippen molar-refractivity contribution < 1.29 is 4.52 Å². The van der Waals surface area contributed by atoms with Crippen molar-refractivity contribution in [2.24, 2.45) is 5.73 Å². The van der Waals surface area contributed by atoms with Gasteiger partial charge >= 0.3 is 0 Å². The minimum Gasteiger partial charge on any atom is -0.339 e. The minimum absolute atomic E-state index is 0.470. The van der Waals surface area contributed by atoms with Gasteiger partial charge in [0.2, 0.25) is 5.89 Å². The van der Waals surface area contributed by atoms with E-state index in [0.717, 1.165) is 37.1 Å². The van der Waals surface area contributed by atoms with Crippen molar-refractivity contribution in [2.45, 2.75) is 50.0 Å². The zero-order chi connectivity index (χ0) is 13.7. The second-order valence-electron chi connectivity index (χ2n) is 6.23. The zero-order valence-electron chi connectivity index (χ0n) is 11.7. The van der Waals surface area contributed by atoms with Gasteiger partial charge in [0, 0.05) is 5.92 Å². The van der Waals surface area contributed by atoms with E-state index in [2.05, 4.69) is 35.3 Å². The first-order valence-electron chi connectivity index (χ1n) is 7.41. The van der Waals surface area contributed by atoms with E-state index in [0.29, 0.717) is 17.7 Å². The molecule has 1 aromatic carbocycles. The number of rotatable bonds is 2. The van der Waals surface area contributed by atoms with Crippen LogP contribution < -0.4 is 5.73 Å². The summed E-state index contributed by atoms with van der Waals surface area (Å²) in [6, 6.07) is 8.40. The van der Waals surface area contributed by atoms with Gasteiger partial charge in [-0.05, 0) is 42.7 Å². The topological polar surface area (TPSA) is 64.9 Å². The molecule has 2 aromatic rings. The van der Waals surface area contributed by atoms with Crippen molar-refractivity contribution in [3.63, 3.8) is 0 Å². The quantitative estimate of drug-likeness (QED) is 0.910. The first-order valence-corrected chi connectivity index (χ1v) is 7.41. The molecular formula is C16H19N3O. The Labute approximate surface area is 118 Å². The highest BCUT2D eigenvalue weighted by Gasteiger charge is 2.41. The normalized spacial score (nSPS) is 29.2. The van der Waals surface area contributed by atoms with Gasteiger partial charge in [-0.15, -0.1) is 0 Å². The average molecular weight is 269 g/mol. The third-order valence-electron chi connectivity index (χ3n) is 4.71. The average Bonchev–Trinajstić information content (AvgIpc) is 3.21. The molecule has 4 rings (SSSR count). The SMILES string of the molecule is CC1CCC(N)(c2noc(C3CC3)n2)c2ccccc21. The van der Waals surface area contributed by atoms with Crippen LogP contribution in [0.1, 0.15) is 67.3 Å². The zero-order valence-corrected chi connectivity index (χ0v) is 11.7. The standard InChI is InChI=1S/C16H19N3O/c1-10-8-9-16(17,13-5-3-2-4-12(10)13)15-18-14(20-19-15)11-6-7-11/h2-5,10-11H,6-9,17H2,1H3. The second-order valence-corrected chi connectivity index (χ2v) is 6.23. The predicted octanol–water partition coefficient (Wildman–Crippen LogP) is 3.05. The van der Waals surface area contributed by atoms with E-state index in [1.54, 1.807) is 0 Å². The van der Waals surface area contributed by atoms with Crippen LogP contribution in [0.4, 0.5) is 0 Å². The van der Waals surface area contributed by atoms with Crippen LogP contribution >= 0.6 is 0 Å². The molecule has 1 fully saturated rings. The molecule has 2 atom stereocenters. The molecule has 0 amide bonds. The van der Waals surface area contributed by atoms with Gasteiger partial charge in [0.15, 0.2) is 5.82 Å². The van der Waals surface area contributed by atoms with Crippen molar-refractivity contribution in [1.82, 2.24) is 10.1 Å². The lowest BCUT2D eigenvalue weighted by molar-refractivity contribution is 0.343. The molecule has 1 saturated carbocycles. The fourth-order valence-corrected chi connectivity index (χ4v) is 3.21. The summed E-state index contributed by atoms with van der Waals surface area (Å²) in [4.78, 5) is 4.59. The summed E-state index contributed by atoms with van der Waals surface area (Å²) in [5, 5.41) is 4.19. The molecule has 104 valence electrons. The Balaban J connectivity index is 1.80. The lowest BCUT2D eigenvalue weighted by Gasteiger charge is -2.36. The molecule has 2 aliphatic rings. The number of hydrogen-bond donors (Lipinski definition) is 1. The van der Waals surface area contributed by atoms with E-state index >= 15 is 0 Å².